The highest BCUT2D eigenvalue weighted by Gasteiger charge is 2.22. The second kappa shape index (κ2) is 5.69. The lowest BCUT2D eigenvalue weighted by Crippen LogP contribution is -2.47. The number of fused-ring (bicyclic) bond motifs is 2. The molecule has 8 heteroatoms. The third-order valence-corrected chi connectivity index (χ3v) is 4.85. The minimum atomic E-state index is 0.892. The first-order valence-electron chi connectivity index (χ1n) is 8.81. The van der Waals surface area contributed by atoms with Crippen molar-refractivity contribution in [1.82, 2.24) is 29.0 Å². The van der Waals surface area contributed by atoms with Crippen LogP contribution in [0.25, 0.3) is 11.3 Å². The Morgan fingerprint density at radius 1 is 0.846 bits per heavy atom. The van der Waals surface area contributed by atoms with Crippen LogP contribution in [-0.4, -0.2) is 55.1 Å². The lowest BCUT2D eigenvalue weighted by Gasteiger charge is -2.36. The van der Waals surface area contributed by atoms with E-state index in [0.717, 1.165) is 60.5 Å². The van der Waals surface area contributed by atoms with Gasteiger partial charge >= 0.3 is 0 Å². The van der Waals surface area contributed by atoms with Gasteiger partial charge in [-0.2, -0.15) is 9.61 Å². The summed E-state index contributed by atoms with van der Waals surface area (Å²) in [4.78, 5) is 18.3. The number of rotatable bonds is 2. The van der Waals surface area contributed by atoms with Crippen LogP contribution in [0.15, 0.2) is 36.9 Å². The maximum Gasteiger partial charge on any atom is 0.180 e. The van der Waals surface area contributed by atoms with E-state index in [4.69, 9.17) is 0 Å². The van der Waals surface area contributed by atoms with Crippen LogP contribution in [0.2, 0.25) is 0 Å². The first-order chi connectivity index (χ1) is 12.7. The molecule has 4 aromatic heterocycles. The molecule has 0 aromatic carbocycles. The molecule has 1 aliphatic rings. The number of imidazole rings is 1. The van der Waals surface area contributed by atoms with E-state index < -0.39 is 0 Å². The van der Waals surface area contributed by atoms with Gasteiger partial charge in [0.05, 0.1) is 5.69 Å². The van der Waals surface area contributed by atoms with E-state index in [9.17, 15) is 0 Å². The van der Waals surface area contributed by atoms with Crippen LogP contribution >= 0.6 is 0 Å². The van der Waals surface area contributed by atoms with Gasteiger partial charge in [-0.05, 0) is 13.8 Å². The van der Waals surface area contributed by atoms with Crippen LogP contribution in [0.5, 0.6) is 0 Å². The SMILES string of the molecule is Cc1cc(N2CCN(c3nccn4ccnc34)CC2)n2nc(C)cc2n1. The minimum absolute atomic E-state index is 0.892. The molecule has 0 spiro atoms. The summed E-state index contributed by atoms with van der Waals surface area (Å²) in [5, 5.41) is 4.61. The first-order valence-corrected chi connectivity index (χ1v) is 8.81. The topological polar surface area (TPSA) is 66.9 Å². The molecule has 5 heterocycles. The van der Waals surface area contributed by atoms with Crippen molar-refractivity contribution in [3.8, 4) is 0 Å². The molecule has 0 radical (unpaired) electrons. The highest BCUT2D eigenvalue weighted by molar-refractivity contribution is 5.64. The Balaban J connectivity index is 1.43. The molecule has 4 aromatic rings. The van der Waals surface area contributed by atoms with Gasteiger partial charge in [0.15, 0.2) is 17.1 Å². The smallest absolute Gasteiger partial charge is 0.180 e. The van der Waals surface area contributed by atoms with Crippen LogP contribution in [0.3, 0.4) is 0 Å². The molecule has 26 heavy (non-hydrogen) atoms. The Bertz CT molecular complexity index is 1090. The molecule has 5 rings (SSSR count). The van der Waals surface area contributed by atoms with E-state index in [0.29, 0.717) is 0 Å². The summed E-state index contributed by atoms with van der Waals surface area (Å²) < 4.78 is 3.96. The summed E-state index contributed by atoms with van der Waals surface area (Å²) >= 11 is 0. The molecule has 1 aliphatic heterocycles. The molecule has 0 atom stereocenters. The van der Waals surface area contributed by atoms with Crippen LogP contribution in [0, 0.1) is 13.8 Å². The van der Waals surface area contributed by atoms with E-state index in [1.54, 1.807) is 0 Å². The molecule has 0 bridgehead atoms. The highest BCUT2D eigenvalue weighted by Crippen LogP contribution is 2.23. The number of hydrogen-bond donors (Lipinski definition) is 0. The molecule has 0 amide bonds. The zero-order valence-corrected chi connectivity index (χ0v) is 14.9. The minimum Gasteiger partial charge on any atom is -0.353 e. The number of aromatic nitrogens is 6. The number of hydrogen-bond acceptors (Lipinski definition) is 6. The van der Waals surface area contributed by atoms with Gasteiger partial charge in [0.25, 0.3) is 0 Å². The first kappa shape index (κ1) is 15.1. The van der Waals surface area contributed by atoms with E-state index in [-0.39, 0.29) is 0 Å². The summed E-state index contributed by atoms with van der Waals surface area (Å²) in [5.41, 5.74) is 3.81. The molecule has 0 aliphatic carbocycles. The van der Waals surface area contributed by atoms with Crippen LogP contribution in [0.1, 0.15) is 11.4 Å². The molecular weight excluding hydrogens is 328 g/mol. The van der Waals surface area contributed by atoms with Crippen LogP contribution in [0.4, 0.5) is 11.6 Å². The monoisotopic (exact) mass is 348 g/mol. The number of anilines is 2. The third kappa shape index (κ3) is 2.37. The van der Waals surface area contributed by atoms with Gasteiger partial charge in [0.1, 0.15) is 5.82 Å². The van der Waals surface area contributed by atoms with Gasteiger partial charge in [0.2, 0.25) is 0 Å². The maximum absolute atomic E-state index is 4.61. The quantitative estimate of drug-likeness (QED) is 0.549. The van der Waals surface area contributed by atoms with E-state index >= 15 is 0 Å². The zero-order valence-electron chi connectivity index (χ0n) is 14.9. The summed E-state index contributed by atoms with van der Waals surface area (Å²) in [7, 11) is 0. The Morgan fingerprint density at radius 2 is 1.58 bits per heavy atom. The fraction of sp³-hybridized carbons (Fsp3) is 0.333. The van der Waals surface area contributed by atoms with Crippen molar-refractivity contribution in [3.05, 3.63) is 48.3 Å². The van der Waals surface area contributed by atoms with Gasteiger partial charge in [-0.25, -0.2) is 15.0 Å². The second-order valence-electron chi connectivity index (χ2n) is 6.69. The van der Waals surface area contributed by atoms with Gasteiger partial charge in [0, 0.05) is 68.8 Å². The second-order valence-corrected chi connectivity index (χ2v) is 6.69. The number of aryl methyl sites for hydroxylation is 2. The fourth-order valence-electron chi connectivity index (χ4n) is 3.63. The van der Waals surface area contributed by atoms with Crippen molar-refractivity contribution in [1.29, 1.82) is 0 Å². The number of piperazine rings is 1. The fourth-order valence-corrected chi connectivity index (χ4v) is 3.63. The van der Waals surface area contributed by atoms with Crippen LogP contribution in [-0.2, 0) is 0 Å². The molecule has 0 unspecified atom stereocenters. The van der Waals surface area contributed by atoms with Crippen molar-refractivity contribution < 1.29 is 0 Å². The largest absolute Gasteiger partial charge is 0.353 e. The summed E-state index contributed by atoms with van der Waals surface area (Å²) in [6.45, 7) is 7.63. The number of nitrogens with zero attached hydrogens (tertiary/aromatic N) is 8. The molecule has 1 fully saturated rings. The molecular formula is C18H20N8. The lowest BCUT2D eigenvalue weighted by atomic mass is 10.3. The van der Waals surface area contributed by atoms with Crippen LogP contribution < -0.4 is 9.80 Å². The molecule has 132 valence electrons. The molecule has 0 N–H and O–H groups in total. The van der Waals surface area contributed by atoms with Gasteiger partial charge in [-0.3, -0.25) is 0 Å². The Kier molecular flexibility index (Phi) is 3.31. The predicted molar refractivity (Wildman–Crippen MR) is 99.9 cm³/mol. The molecule has 0 saturated carbocycles. The summed E-state index contributed by atoms with van der Waals surface area (Å²) in [6, 6.07) is 4.14. The standard InChI is InChI=1S/C18H20N8/c1-13-12-16(26-15(21-13)11-14(2)22-26)23-7-9-25(10-8-23)18-17-19-3-5-24(17)6-4-20-18/h3-6,11-12H,7-10H2,1-2H3. The van der Waals surface area contributed by atoms with Crippen molar-refractivity contribution in [2.75, 3.05) is 36.0 Å². The Morgan fingerprint density at radius 3 is 2.38 bits per heavy atom. The maximum atomic E-state index is 4.61. The van der Waals surface area contributed by atoms with Gasteiger partial charge < -0.3 is 14.2 Å². The Labute approximate surface area is 150 Å². The lowest BCUT2D eigenvalue weighted by molar-refractivity contribution is 0.633. The zero-order chi connectivity index (χ0) is 17.7. The molecule has 1 saturated heterocycles. The van der Waals surface area contributed by atoms with Crippen molar-refractivity contribution in [2.45, 2.75) is 13.8 Å². The molecule has 8 nitrogen and oxygen atoms in total. The van der Waals surface area contributed by atoms with Crippen molar-refractivity contribution in [3.63, 3.8) is 0 Å². The van der Waals surface area contributed by atoms with Gasteiger partial charge in [-0.1, -0.05) is 0 Å². The van der Waals surface area contributed by atoms with Crippen molar-refractivity contribution in [2.24, 2.45) is 0 Å². The Hall–Kier alpha value is -3.16. The third-order valence-electron chi connectivity index (χ3n) is 4.85. The average molecular weight is 348 g/mol. The van der Waals surface area contributed by atoms with E-state index in [1.807, 2.05) is 53.6 Å². The summed E-state index contributed by atoms with van der Waals surface area (Å²) in [5.74, 6) is 2.05. The van der Waals surface area contributed by atoms with Gasteiger partial charge in [-0.15, -0.1) is 0 Å². The summed E-state index contributed by atoms with van der Waals surface area (Å²) in [6.07, 6.45) is 7.53. The van der Waals surface area contributed by atoms with Crippen molar-refractivity contribution >= 4 is 22.9 Å². The highest BCUT2D eigenvalue weighted by atomic mass is 15.4. The predicted octanol–water partition coefficient (Wildman–Crippen LogP) is 1.72. The van der Waals surface area contributed by atoms with E-state index in [2.05, 4.69) is 35.9 Å². The normalized spacial score (nSPS) is 15.3. The van der Waals surface area contributed by atoms with E-state index in [1.165, 1.54) is 0 Å². The average Bonchev–Trinajstić information content (AvgIpc) is 3.26.